The predicted octanol–water partition coefficient (Wildman–Crippen LogP) is 3.53. The van der Waals surface area contributed by atoms with Gasteiger partial charge >= 0.3 is 0 Å². The summed E-state index contributed by atoms with van der Waals surface area (Å²) in [5.74, 6) is 2.42. The lowest BCUT2D eigenvalue weighted by Gasteiger charge is -2.40. The number of hydrogen-bond donors (Lipinski definition) is 1. The van der Waals surface area contributed by atoms with Gasteiger partial charge in [0.1, 0.15) is 0 Å². The standard InChI is InChI=1S/C19H37N3O/c1-6-20-18(22-11-7-9-15(2)14-22)21-13-16-10-8-12-23-17(16)19(3,4)5/h15-17H,6-14H2,1-5H3,(H,20,21). The molecule has 0 aromatic carbocycles. The van der Waals surface area contributed by atoms with Crippen molar-refractivity contribution in [3.05, 3.63) is 0 Å². The van der Waals surface area contributed by atoms with Gasteiger partial charge in [-0.1, -0.05) is 27.7 Å². The van der Waals surface area contributed by atoms with Crippen LogP contribution in [0.1, 0.15) is 60.3 Å². The molecule has 1 N–H and O–H groups in total. The highest BCUT2D eigenvalue weighted by Gasteiger charge is 2.35. The Morgan fingerprint density at radius 2 is 2.04 bits per heavy atom. The molecular formula is C19H37N3O. The highest BCUT2D eigenvalue weighted by Crippen LogP contribution is 2.34. The maximum absolute atomic E-state index is 6.11. The van der Waals surface area contributed by atoms with Crippen molar-refractivity contribution in [3.8, 4) is 0 Å². The Labute approximate surface area is 143 Å². The van der Waals surface area contributed by atoms with Gasteiger partial charge in [-0.15, -0.1) is 0 Å². The van der Waals surface area contributed by atoms with Crippen LogP contribution in [-0.2, 0) is 4.74 Å². The van der Waals surface area contributed by atoms with E-state index in [1.165, 1.54) is 25.7 Å². The molecule has 0 saturated carbocycles. The number of rotatable bonds is 3. The molecule has 0 aromatic rings. The molecule has 0 spiro atoms. The van der Waals surface area contributed by atoms with Gasteiger partial charge in [0.05, 0.1) is 6.10 Å². The Bertz CT molecular complexity index is 389. The van der Waals surface area contributed by atoms with Crippen LogP contribution in [0.5, 0.6) is 0 Å². The molecule has 4 nitrogen and oxygen atoms in total. The lowest BCUT2D eigenvalue weighted by atomic mass is 9.78. The van der Waals surface area contributed by atoms with Crippen LogP contribution in [0.4, 0.5) is 0 Å². The predicted molar refractivity (Wildman–Crippen MR) is 97.9 cm³/mol. The number of ether oxygens (including phenoxy) is 1. The van der Waals surface area contributed by atoms with Crippen molar-refractivity contribution in [3.63, 3.8) is 0 Å². The molecule has 2 saturated heterocycles. The van der Waals surface area contributed by atoms with Crippen molar-refractivity contribution in [2.75, 3.05) is 32.8 Å². The lowest BCUT2D eigenvalue weighted by molar-refractivity contribution is -0.0824. The number of nitrogens with zero attached hydrogens (tertiary/aromatic N) is 2. The van der Waals surface area contributed by atoms with Crippen LogP contribution in [0.15, 0.2) is 4.99 Å². The molecular weight excluding hydrogens is 286 g/mol. The van der Waals surface area contributed by atoms with E-state index in [-0.39, 0.29) is 5.41 Å². The normalized spacial score (nSPS) is 30.4. The molecule has 4 heteroatoms. The Morgan fingerprint density at radius 1 is 1.26 bits per heavy atom. The molecule has 2 heterocycles. The number of likely N-dealkylation sites (tertiary alicyclic amines) is 1. The van der Waals surface area contributed by atoms with Crippen molar-refractivity contribution in [2.24, 2.45) is 22.2 Å². The Morgan fingerprint density at radius 3 is 2.70 bits per heavy atom. The SMILES string of the molecule is CCNC(=NCC1CCCOC1C(C)(C)C)N1CCCC(C)C1. The number of guanidine groups is 1. The third-order valence-corrected chi connectivity index (χ3v) is 5.07. The van der Waals surface area contributed by atoms with E-state index in [0.29, 0.717) is 12.0 Å². The molecule has 2 rings (SSSR count). The molecule has 23 heavy (non-hydrogen) atoms. The first-order valence-corrected chi connectivity index (χ1v) is 9.56. The van der Waals surface area contributed by atoms with Gasteiger partial charge < -0.3 is 15.0 Å². The summed E-state index contributed by atoms with van der Waals surface area (Å²) >= 11 is 0. The monoisotopic (exact) mass is 323 g/mol. The van der Waals surface area contributed by atoms with Gasteiger partial charge in [-0.25, -0.2) is 0 Å². The van der Waals surface area contributed by atoms with E-state index in [0.717, 1.165) is 44.7 Å². The van der Waals surface area contributed by atoms with E-state index in [9.17, 15) is 0 Å². The minimum absolute atomic E-state index is 0.193. The summed E-state index contributed by atoms with van der Waals surface area (Å²) in [5, 5.41) is 3.50. The zero-order valence-corrected chi connectivity index (χ0v) is 15.9. The summed E-state index contributed by atoms with van der Waals surface area (Å²) in [4.78, 5) is 7.46. The van der Waals surface area contributed by atoms with Gasteiger partial charge in [-0.3, -0.25) is 4.99 Å². The van der Waals surface area contributed by atoms with Crippen LogP contribution >= 0.6 is 0 Å². The highest BCUT2D eigenvalue weighted by molar-refractivity contribution is 5.80. The average Bonchev–Trinajstić information content (AvgIpc) is 2.51. The van der Waals surface area contributed by atoms with Crippen molar-refractivity contribution in [1.82, 2.24) is 10.2 Å². The fraction of sp³-hybridized carbons (Fsp3) is 0.947. The van der Waals surface area contributed by atoms with Crippen LogP contribution in [0.3, 0.4) is 0 Å². The molecule has 0 aromatic heterocycles. The molecule has 0 bridgehead atoms. The third kappa shape index (κ3) is 5.37. The number of piperidine rings is 1. The van der Waals surface area contributed by atoms with Crippen molar-refractivity contribution in [2.45, 2.75) is 66.4 Å². The largest absolute Gasteiger partial charge is 0.377 e. The zero-order chi connectivity index (χ0) is 16.9. The molecule has 134 valence electrons. The van der Waals surface area contributed by atoms with Crippen LogP contribution < -0.4 is 5.32 Å². The second-order valence-corrected chi connectivity index (χ2v) is 8.45. The van der Waals surface area contributed by atoms with Gasteiger partial charge in [-0.05, 0) is 43.9 Å². The fourth-order valence-corrected chi connectivity index (χ4v) is 4.00. The first-order valence-electron chi connectivity index (χ1n) is 9.56. The molecule has 2 aliphatic heterocycles. The Kier molecular flexibility index (Phi) is 6.75. The molecule has 3 unspecified atom stereocenters. The van der Waals surface area contributed by atoms with Gasteiger partial charge in [0.15, 0.2) is 5.96 Å². The van der Waals surface area contributed by atoms with Crippen LogP contribution in [-0.4, -0.2) is 49.7 Å². The maximum Gasteiger partial charge on any atom is 0.193 e. The minimum Gasteiger partial charge on any atom is -0.377 e. The summed E-state index contributed by atoms with van der Waals surface area (Å²) in [6.07, 6.45) is 5.36. The number of nitrogens with one attached hydrogen (secondary N) is 1. The second-order valence-electron chi connectivity index (χ2n) is 8.45. The van der Waals surface area contributed by atoms with Gasteiger partial charge in [0, 0.05) is 38.7 Å². The lowest BCUT2D eigenvalue weighted by Crippen LogP contribution is -2.47. The minimum atomic E-state index is 0.193. The maximum atomic E-state index is 6.11. The Hall–Kier alpha value is -0.770. The fourth-order valence-electron chi connectivity index (χ4n) is 4.00. The number of hydrogen-bond acceptors (Lipinski definition) is 2. The van der Waals surface area contributed by atoms with Crippen LogP contribution in [0.25, 0.3) is 0 Å². The van der Waals surface area contributed by atoms with E-state index in [2.05, 4.69) is 44.8 Å². The smallest absolute Gasteiger partial charge is 0.193 e. The summed E-state index contributed by atoms with van der Waals surface area (Å²) in [7, 11) is 0. The Balaban J connectivity index is 2.03. The third-order valence-electron chi connectivity index (χ3n) is 5.07. The zero-order valence-electron chi connectivity index (χ0n) is 15.9. The first kappa shape index (κ1) is 18.6. The molecule has 3 atom stereocenters. The van der Waals surface area contributed by atoms with Crippen molar-refractivity contribution in [1.29, 1.82) is 0 Å². The van der Waals surface area contributed by atoms with E-state index < -0.39 is 0 Å². The first-order chi connectivity index (χ1) is 10.9. The summed E-state index contributed by atoms with van der Waals surface area (Å²) in [6.45, 7) is 16.4. The summed E-state index contributed by atoms with van der Waals surface area (Å²) in [5.41, 5.74) is 0.193. The average molecular weight is 324 g/mol. The van der Waals surface area contributed by atoms with Gasteiger partial charge in [0.25, 0.3) is 0 Å². The van der Waals surface area contributed by atoms with Crippen molar-refractivity contribution < 1.29 is 4.74 Å². The van der Waals surface area contributed by atoms with Crippen LogP contribution in [0.2, 0.25) is 0 Å². The molecule has 0 radical (unpaired) electrons. The van der Waals surface area contributed by atoms with Crippen LogP contribution in [0, 0.1) is 17.3 Å². The van der Waals surface area contributed by atoms with Gasteiger partial charge in [0.2, 0.25) is 0 Å². The second kappa shape index (κ2) is 8.36. The summed E-state index contributed by atoms with van der Waals surface area (Å²) < 4.78 is 6.11. The quantitative estimate of drug-likeness (QED) is 0.638. The molecule has 0 aliphatic carbocycles. The molecule has 0 amide bonds. The topological polar surface area (TPSA) is 36.9 Å². The molecule has 2 fully saturated rings. The van der Waals surface area contributed by atoms with Gasteiger partial charge in [-0.2, -0.15) is 0 Å². The number of aliphatic imine (C=N–C) groups is 1. The van der Waals surface area contributed by atoms with E-state index in [1.807, 2.05) is 0 Å². The summed E-state index contributed by atoms with van der Waals surface area (Å²) in [6, 6.07) is 0. The van der Waals surface area contributed by atoms with E-state index in [4.69, 9.17) is 9.73 Å². The molecule has 2 aliphatic rings. The van der Waals surface area contributed by atoms with E-state index in [1.54, 1.807) is 0 Å². The highest BCUT2D eigenvalue weighted by atomic mass is 16.5. The van der Waals surface area contributed by atoms with E-state index >= 15 is 0 Å². The van der Waals surface area contributed by atoms with Crippen molar-refractivity contribution >= 4 is 5.96 Å².